The van der Waals surface area contributed by atoms with Gasteiger partial charge >= 0.3 is 0 Å². The fraction of sp³-hybridized carbons (Fsp3) is 0.661. The summed E-state index contributed by atoms with van der Waals surface area (Å²) in [5.41, 5.74) is 0. The molecule has 3 N–H and O–H groups in total. The molecular formula is C56H95NO3. The van der Waals surface area contributed by atoms with Crippen LogP contribution in [-0.4, -0.2) is 34.9 Å². The van der Waals surface area contributed by atoms with Crippen LogP contribution in [0.25, 0.3) is 0 Å². The largest absolute Gasteiger partial charge is 0.394 e. The van der Waals surface area contributed by atoms with Crippen molar-refractivity contribution in [3.63, 3.8) is 0 Å². The zero-order valence-electron chi connectivity index (χ0n) is 39.2. The van der Waals surface area contributed by atoms with Gasteiger partial charge in [0.25, 0.3) is 0 Å². The van der Waals surface area contributed by atoms with Crippen molar-refractivity contribution in [2.24, 2.45) is 0 Å². The molecule has 0 radical (unpaired) electrons. The molecule has 0 bridgehead atoms. The number of carbonyl (C=O) groups excluding carboxylic acids is 1. The van der Waals surface area contributed by atoms with Gasteiger partial charge in [-0.3, -0.25) is 4.79 Å². The van der Waals surface area contributed by atoms with Crippen molar-refractivity contribution >= 4 is 5.91 Å². The molecule has 0 aromatic rings. The number of unbranched alkanes of at least 4 members (excludes halogenated alkanes) is 21. The highest BCUT2D eigenvalue weighted by molar-refractivity contribution is 5.76. The molecule has 0 heterocycles. The minimum Gasteiger partial charge on any atom is -0.394 e. The summed E-state index contributed by atoms with van der Waals surface area (Å²) in [6.07, 6.45) is 76.4. The Labute approximate surface area is 372 Å². The van der Waals surface area contributed by atoms with E-state index in [4.69, 9.17) is 0 Å². The number of nitrogens with one attached hydrogen (secondary N) is 1. The van der Waals surface area contributed by atoms with E-state index in [1.807, 2.05) is 6.08 Å². The summed E-state index contributed by atoms with van der Waals surface area (Å²) >= 11 is 0. The van der Waals surface area contributed by atoms with Gasteiger partial charge in [-0.05, 0) is 89.9 Å². The van der Waals surface area contributed by atoms with Crippen LogP contribution in [-0.2, 0) is 4.79 Å². The molecular weight excluding hydrogens is 735 g/mol. The predicted octanol–water partition coefficient (Wildman–Crippen LogP) is 16.4. The van der Waals surface area contributed by atoms with Crippen LogP contribution < -0.4 is 5.32 Å². The van der Waals surface area contributed by atoms with Crippen molar-refractivity contribution in [2.45, 2.75) is 231 Å². The molecule has 0 aliphatic rings. The average Bonchev–Trinajstić information content (AvgIpc) is 3.25. The second-order valence-electron chi connectivity index (χ2n) is 16.5. The Bertz CT molecular complexity index is 1170. The third-order valence-electron chi connectivity index (χ3n) is 10.7. The van der Waals surface area contributed by atoms with Gasteiger partial charge < -0.3 is 15.5 Å². The fourth-order valence-electron chi connectivity index (χ4n) is 6.94. The summed E-state index contributed by atoms with van der Waals surface area (Å²) in [6.45, 7) is 4.17. The first-order chi connectivity index (χ1) is 29.7. The van der Waals surface area contributed by atoms with E-state index >= 15 is 0 Å². The summed E-state index contributed by atoms with van der Waals surface area (Å²) in [4.78, 5) is 12.4. The lowest BCUT2D eigenvalue weighted by atomic mass is 10.0. The average molecular weight is 830 g/mol. The lowest BCUT2D eigenvalue weighted by molar-refractivity contribution is -0.123. The topological polar surface area (TPSA) is 69.6 Å². The van der Waals surface area contributed by atoms with Gasteiger partial charge in [0.2, 0.25) is 5.91 Å². The van der Waals surface area contributed by atoms with E-state index in [9.17, 15) is 15.0 Å². The normalized spacial score (nSPS) is 13.9. The number of aliphatic hydroxyl groups excluding tert-OH is 2. The highest BCUT2D eigenvalue weighted by atomic mass is 16.3. The van der Waals surface area contributed by atoms with E-state index in [0.717, 1.165) is 77.0 Å². The monoisotopic (exact) mass is 830 g/mol. The first kappa shape index (κ1) is 57.1. The van der Waals surface area contributed by atoms with Gasteiger partial charge in [0.15, 0.2) is 0 Å². The van der Waals surface area contributed by atoms with Gasteiger partial charge in [-0.1, -0.05) is 232 Å². The molecule has 0 saturated carbocycles. The van der Waals surface area contributed by atoms with Crippen LogP contribution in [0.5, 0.6) is 0 Å². The molecule has 0 spiro atoms. The third kappa shape index (κ3) is 46.1. The fourth-order valence-corrected chi connectivity index (χ4v) is 6.94. The van der Waals surface area contributed by atoms with Crippen molar-refractivity contribution in [1.29, 1.82) is 0 Å². The minimum atomic E-state index is -0.869. The molecule has 60 heavy (non-hydrogen) atoms. The second kappa shape index (κ2) is 50.4. The summed E-state index contributed by atoms with van der Waals surface area (Å²) < 4.78 is 0. The van der Waals surface area contributed by atoms with E-state index in [1.54, 1.807) is 6.08 Å². The summed E-state index contributed by atoms with van der Waals surface area (Å²) in [6, 6.07) is -0.647. The molecule has 2 unspecified atom stereocenters. The van der Waals surface area contributed by atoms with Crippen molar-refractivity contribution in [1.82, 2.24) is 5.32 Å². The van der Waals surface area contributed by atoms with Gasteiger partial charge in [0.1, 0.15) is 0 Å². The van der Waals surface area contributed by atoms with Crippen LogP contribution in [0, 0.1) is 0 Å². The van der Waals surface area contributed by atoms with E-state index in [1.165, 1.54) is 122 Å². The number of rotatable bonds is 44. The Kier molecular flexibility index (Phi) is 47.9. The smallest absolute Gasteiger partial charge is 0.220 e. The maximum absolute atomic E-state index is 12.4. The molecule has 0 aliphatic heterocycles. The molecule has 1 amide bonds. The SMILES string of the molecule is CC/C=C\C/C=C\C/C=C\C/C=C\C/C=C\C/C=C\C/C=C\CCCCCCCCCCCCCC(=O)NC(CO)C(O)/C=C/CC/C=C/CCCCCCCCCCC. The van der Waals surface area contributed by atoms with Crippen LogP contribution in [0.15, 0.2) is 109 Å². The third-order valence-corrected chi connectivity index (χ3v) is 10.7. The Morgan fingerprint density at radius 2 is 0.750 bits per heavy atom. The van der Waals surface area contributed by atoms with Gasteiger partial charge in [0.05, 0.1) is 18.8 Å². The van der Waals surface area contributed by atoms with E-state index in [2.05, 4.69) is 116 Å². The summed E-state index contributed by atoms with van der Waals surface area (Å²) in [7, 11) is 0. The van der Waals surface area contributed by atoms with Crippen LogP contribution in [0.2, 0.25) is 0 Å². The molecule has 0 aromatic carbocycles. The molecule has 0 rings (SSSR count). The number of hydrogen-bond donors (Lipinski definition) is 3. The minimum absolute atomic E-state index is 0.0821. The molecule has 2 atom stereocenters. The Morgan fingerprint density at radius 3 is 1.17 bits per heavy atom. The van der Waals surface area contributed by atoms with Crippen molar-refractivity contribution < 1.29 is 15.0 Å². The van der Waals surface area contributed by atoms with Crippen LogP contribution >= 0.6 is 0 Å². The molecule has 0 aromatic heterocycles. The van der Waals surface area contributed by atoms with Crippen molar-refractivity contribution in [2.75, 3.05) is 6.61 Å². The number of carbonyl (C=O) groups is 1. The predicted molar refractivity (Wildman–Crippen MR) is 266 cm³/mol. The standard InChI is InChI=1S/C56H95NO3/c1-3-5-7-9-11-13-15-17-19-20-21-22-23-24-25-26-27-28-29-30-31-32-33-34-35-36-38-40-42-44-46-48-50-52-56(60)57-54(53-58)55(59)51-49-47-45-43-41-39-37-18-16-14-12-10-8-6-4-2/h5,7,11,13,17,19,21-22,24-25,27-28,30-31,41,43,49,51,54-55,58-59H,3-4,6,8-10,12,14-16,18,20,23,26,29,32-40,42,44-48,50,52-53H2,1-2H3,(H,57,60)/b7-5-,13-11-,19-17-,22-21-,25-24-,28-27-,31-30-,43-41+,51-49+. The highest BCUT2D eigenvalue weighted by Gasteiger charge is 2.17. The number of aliphatic hydroxyl groups is 2. The quantitative estimate of drug-likeness (QED) is 0.0423. The van der Waals surface area contributed by atoms with Gasteiger partial charge in [-0.15, -0.1) is 0 Å². The number of hydrogen-bond acceptors (Lipinski definition) is 3. The second-order valence-corrected chi connectivity index (χ2v) is 16.5. The first-order valence-corrected chi connectivity index (χ1v) is 25.1. The molecule has 0 fully saturated rings. The molecule has 342 valence electrons. The molecule has 0 saturated heterocycles. The van der Waals surface area contributed by atoms with Crippen LogP contribution in [0.1, 0.15) is 219 Å². The van der Waals surface area contributed by atoms with Gasteiger partial charge in [-0.2, -0.15) is 0 Å². The highest BCUT2D eigenvalue weighted by Crippen LogP contribution is 2.14. The Balaban J connectivity index is 3.61. The van der Waals surface area contributed by atoms with E-state index in [-0.39, 0.29) is 12.5 Å². The van der Waals surface area contributed by atoms with E-state index < -0.39 is 12.1 Å². The van der Waals surface area contributed by atoms with Crippen molar-refractivity contribution in [3.05, 3.63) is 109 Å². The Morgan fingerprint density at radius 1 is 0.417 bits per heavy atom. The number of amides is 1. The maximum Gasteiger partial charge on any atom is 0.220 e. The van der Waals surface area contributed by atoms with Crippen molar-refractivity contribution in [3.8, 4) is 0 Å². The molecule has 0 aliphatic carbocycles. The zero-order chi connectivity index (χ0) is 43.5. The maximum atomic E-state index is 12.4. The molecule has 4 nitrogen and oxygen atoms in total. The lowest BCUT2D eigenvalue weighted by Gasteiger charge is -2.19. The Hall–Kier alpha value is -2.95. The number of allylic oxidation sites excluding steroid dienone is 17. The molecule has 4 heteroatoms. The lowest BCUT2D eigenvalue weighted by Crippen LogP contribution is -2.45. The zero-order valence-corrected chi connectivity index (χ0v) is 39.2. The summed E-state index contributed by atoms with van der Waals surface area (Å²) in [5.74, 6) is -0.0821. The van der Waals surface area contributed by atoms with Gasteiger partial charge in [0, 0.05) is 6.42 Å². The van der Waals surface area contributed by atoms with Gasteiger partial charge in [-0.25, -0.2) is 0 Å². The first-order valence-electron chi connectivity index (χ1n) is 25.1. The van der Waals surface area contributed by atoms with Crippen LogP contribution in [0.3, 0.4) is 0 Å². The van der Waals surface area contributed by atoms with Crippen LogP contribution in [0.4, 0.5) is 0 Å². The van der Waals surface area contributed by atoms with E-state index in [0.29, 0.717) is 6.42 Å². The summed E-state index contributed by atoms with van der Waals surface area (Å²) in [5, 5.41) is 23.0.